The molecule has 5 heterocycles. The van der Waals surface area contributed by atoms with Crippen LogP contribution in [0, 0.1) is 11.8 Å². The van der Waals surface area contributed by atoms with E-state index < -0.39 is 65.6 Å². The van der Waals surface area contributed by atoms with E-state index >= 15 is 0 Å². The Morgan fingerprint density at radius 2 is 1.82 bits per heavy atom. The minimum Gasteiger partial charge on any atom is -0.455 e. The van der Waals surface area contributed by atoms with Gasteiger partial charge in [0.15, 0.2) is 0 Å². The predicted molar refractivity (Wildman–Crippen MR) is 176 cm³/mol. The molecule has 4 aliphatic rings. The molecule has 5 bridgehead atoms. The number of para-hydroxylation sites is 1. The largest absolute Gasteiger partial charge is 0.455 e. The highest BCUT2D eigenvalue weighted by atomic mass is 16.6. The van der Waals surface area contributed by atoms with Crippen molar-refractivity contribution in [2.75, 3.05) is 13.2 Å². The number of hydrogen-bond acceptors (Lipinski definition) is 9. The zero-order valence-electron chi connectivity index (χ0n) is 27.4. The Kier molecular flexibility index (Phi) is 8.80. The summed E-state index contributed by atoms with van der Waals surface area (Å²) < 4.78 is 14.4. The summed E-state index contributed by atoms with van der Waals surface area (Å²) in [5, 5.41) is 22.0. The van der Waals surface area contributed by atoms with Gasteiger partial charge in [-0.15, -0.1) is 5.10 Å². The van der Waals surface area contributed by atoms with Crippen molar-refractivity contribution in [3.8, 4) is 0 Å². The number of benzene rings is 2. The molecule has 2 aromatic carbocycles. The highest BCUT2D eigenvalue weighted by molar-refractivity contribution is 5.99. The van der Waals surface area contributed by atoms with Crippen LogP contribution in [-0.2, 0) is 35.3 Å². The van der Waals surface area contributed by atoms with Crippen LogP contribution in [0.1, 0.15) is 44.8 Å². The summed E-state index contributed by atoms with van der Waals surface area (Å²) in [7, 11) is 0. The minimum atomic E-state index is -1.46. The first-order valence-corrected chi connectivity index (χ1v) is 16.8. The van der Waals surface area contributed by atoms with Crippen LogP contribution in [0.25, 0.3) is 11.0 Å². The molecule has 2 fully saturated rings. The Bertz CT molecular complexity index is 1810. The third kappa shape index (κ3) is 5.60. The van der Waals surface area contributed by atoms with E-state index in [1.165, 1.54) is 4.90 Å². The number of nitrogens with zero attached hydrogens (tertiary/aromatic N) is 5. The van der Waals surface area contributed by atoms with E-state index in [0.717, 1.165) is 5.52 Å². The normalized spacial score (nSPS) is 31.6. The van der Waals surface area contributed by atoms with E-state index in [1.807, 2.05) is 73.7 Å². The number of aliphatic hydroxyl groups is 1. The van der Waals surface area contributed by atoms with Gasteiger partial charge < -0.3 is 29.7 Å². The Morgan fingerprint density at radius 3 is 2.59 bits per heavy atom. The number of carbonyl (C=O) groups is 4. The number of ether oxygens (including phenoxy) is 2. The Labute approximate surface area is 283 Å². The summed E-state index contributed by atoms with van der Waals surface area (Å²) in [6.45, 7) is 3.38. The standard InChI is InChI=1S/C36H40N6O7/c1-3-24(20-43)42-32-34(46)40(21-41-26-15-10-9-14-25(26)38-39-41)19-11-5-8-16-28(44)37-22(2)31(23-12-6-4-7-13-23)48-35(47)29-27-17-18-36(32,49-27)30(29)33(42)45/h4-7,9-15,17-18,22,24,27,29-32,43H,3,8,16,19-21H2,1-2H3,(H,37,44)/b11-5-/t22-,24+,27+,29-,30-,31+,32+,36-/m1/s1. The van der Waals surface area contributed by atoms with Crippen molar-refractivity contribution in [1.29, 1.82) is 0 Å². The molecule has 1 spiro atoms. The van der Waals surface area contributed by atoms with E-state index in [-0.39, 0.29) is 32.1 Å². The molecule has 4 aliphatic heterocycles. The van der Waals surface area contributed by atoms with Crippen LogP contribution >= 0.6 is 0 Å². The maximum absolute atomic E-state index is 15.0. The molecule has 0 radical (unpaired) electrons. The van der Waals surface area contributed by atoms with Crippen LogP contribution in [0.5, 0.6) is 0 Å². The van der Waals surface area contributed by atoms with Gasteiger partial charge >= 0.3 is 5.97 Å². The Hall–Kier alpha value is -4.88. The molecule has 13 heteroatoms. The van der Waals surface area contributed by atoms with E-state index in [2.05, 4.69) is 15.6 Å². The van der Waals surface area contributed by atoms with Gasteiger partial charge in [-0.05, 0) is 37.5 Å². The summed E-state index contributed by atoms with van der Waals surface area (Å²) in [4.78, 5) is 59.8. The van der Waals surface area contributed by atoms with Gasteiger partial charge in [-0.25, -0.2) is 4.68 Å². The molecule has 49 heavy (non-hydrogen) atoms. The summed E-state index contributed by atoms with van der Waals surface area (Å²) >= 11 is 0. The lowest BCUT2D eigenvalue weighted by Crippen LogP contribution is -2.58. The first-order valence-electron chi connectivity index (χ1n) is 16.8. The van der Waals surface area contributed by atoms with E-state index in [9.17, 15) is 24.3 Å². The fourth-order valence-electron chi connectivity index (χ4n) is 7.78. The number of rotatable bonds is 6. The molecule has 2 saturated heterocycles. The second-order valence-corrected chi connectivity index (χ2v) is 13.1. The summed E-state index contributed by atoms with van der Waals surface area (Å²) in [5.74, 6) is -3.87. The van der Waals surface area contributed by atoms with Crippen molar-refractivity contribution >= 4 is 34.7 Å². The van der Waals surface area contributed by atoms with Crippen molar-refractivity contribution in [2.24, 2.45) is 11.8 Å². The molecule has 0 aliphatic carbocycles. The molecular formula is C36H40N6O7. The van der Waals surface area contributed by atoms with Crippen LogP contribution in [0.4, 0.5) is 0 Å². The molecule has 7 rings (SSSR count). The van der Waals surface area contributed by atoms with Gasteiger partial charge in [0.05, 0.1) is 36.2 Å². The van der Waals surface area contributed by atoms with Crippen molar-refractivity contribution in [2.45, 2.75) is 75.7 Å². The SMILES string of the molecule is CC[C@@H](CO)N1C(=O)[C@H]2[C@@H]3C(=O)O[C@H](c4ccccc4)[C@@H](C)NC(=O)CC/C=C\CN(Cn4nnc5ccccc54)C(=O)[C@H]1[C@@]21C=C[C@@H]3O1. The van der Waals surface area contributed by atoms with Crippen molar-refractivity contribution < 1.29 is 33.8 Å². The third-order valence-corrected chi connectivity index (χ3v) is 10.2. The van der Waals surface area contributed by atoms with E-state index in [4.69, 9.17) is 9.47 Å². The Balaban J connectivity index is 1.31. The van der Waals surface area contributed by atoms with Gasteiger partial charge in [0.25, 0.3) is 5.91 Å². The number of aliphatic hydroxyl groups excluding tert-OH is 1. The van der Waals surface area contributed by atoms with E-state index in [0.29, 0.717) is 23.9 Å². The van der Waals surface area contributed by atoms with Crippen LogP contribution in [-0.4, -0.2) is 96.6 Å². The molecule has 3 amide bonds. The monoisotopic (exact) mass is 668 g/mol. The first-order chi connectivity index (χ1) is 23.8. The average Bonchev–Trinajstić information content (AvgIpc) is 3.86. The quantitative estimate of drug-likeness (QED) is 0.297. The number of amides is 3. The summed E-state index contributed by atoms with van der Waals surface area (Å²) in [6, 6.07) is 14.1. The van der Waals surface area contributed by atoms with Crippen LogP contribution < -0.4 is 5.32 Å². The number of hydrogen-bond donors (Lipinski definition) is 2. The average molecular weight is 669 g/mol. The number of allylic oxidation sites excluding steroid dienone is 1. The number of cyclic esters (lactones) is 1. The van der Waals surface area contributed by atoms with Gasteiger partial charge in [0.1, 0.15) is 35.9 Å². The minimum absolute atomic E-state index is 0.00818. The molecule has 13 nitrogen and oxygen atoms in total. The molecule has 256 valence electrons. The first kappa shape index (κ1) is 32.7. The molecule has 0 unspecified atom stereocenters. The van der Waals surface area contributed by atoms with Crippen molar-refractivity contribution in [3.05, 3.63) is 84.5 Å². The number of nitrogens with one attached hydrogen (secondary N) is 1. The fourth-order valence-corrected chi connectivity index (χ4v) is 7.78. The number of likely N-dealkylation sites (tertiary alicyclic amines) is 1. The maximum Gasteiger partial charge on any atom is 0.313 e. The van der Waals surface area contributed by atoms with Gasteiger partial charge in [-0.1, -0.05) is 78.9 Å². The van der Waals surface area contributed by atoms with Crippen LogP contribution in [0.15, 0.2) is 78.9 Å². The number of aromatic nitrogens is 3. The maximum atomic E-state index is 15.0. The molecule has 0 saturated carbocycles. The molecule has 8 atom stereocenters. The van der Waals surface area contributed by atoms with Crippen LogP contribution in [0.3, 0.4) is 0 Å². The lowest BCUT2D eigenvalue weighted by atomic mass is 9.74. The van der Waals surface area contributed by atoms with Crippen molar-refractivity contribution in [1.82, 2.24) is 30.1 Å². The topological polar surface area (TPSA) is 156 Å². The van der Waals surface area contributed by atoms with Gasteiger partial charge in [-0.3, -0.25) is 19.2 Å². The smallest absolute Gasteiger partial charge is 0.313 e. The van der Waals surface area contributed by atoms with Crippen molar-refractivity contribution in [3.63, 3.8) is 0 Å². The summed E-state index contributed by atoms with van der Waals surface area (Å²) in [5.41, 5.74) is 0.605. The second-order valence-electron chi connectivity index (χ2n) is 13.1. The second kappa shape index (κ2) is 13.2. The molecule has 1 aromatic heterocycles. The Morgan fingerprint density at radius 1 is 1.04 bits per heavy atom. The zero-order valence-corrected chi connectivity index (χ0v) is 27.4. The fraction of sp³-hybridized carbons (Fsp3) is 0.444. The third-order valence-electron chi connectivity index (χ3n) is 10.2. The summed E-state index contributed by atoms with van der Waals surface area (Å²) in [6.07, 6.45) is 6.43. The van der Waals surface area contributed by atoms with Gasteiger partial charge in [-0.2, -0.15) is 0 Å². The van der Waals surface area contributed by atoms with Crippen LogP contribution in [0.2, 0.25) is 0 Å². The lowest BCUT2D eigenvalue weighted by molar-refractivity contribution is -0.162. The van der Waals surface area contributed by atoms with Gasteiger partial charge in [0.2, 0.25) is 11.8 Å². The van der Waals surface area contributed by atoms with Gasteiger partial charge in [0, 0.05) is 13.0 Å². The predicted octanol–water partition coefficient (Wildman–Crippen LogP) is 2.28. The molecule has 3 aromatic rings. The highest BCUT2D eigenvalue weighted by Gasteiger charge is 2.74. The number of fused-ring (bicyclic) bond motifs is 3. The molecular weight excluding hydrogens is 628 g/mol. The van der Waals surface area contributed by atoms with E-state index in [1.54, 1.807) is 28.7 Å². The highest BCUT2D eigenvalue weighted by Crippen LogP contribution is 2.56. The number of carbonyl (C=O) groups excluding carboxylic acids is 4. The zero-order chi connectivity index (χ0) is 34.3. The lowest BCUT2D eigenvalue weighted by Gasteiger charge is -2.38. The number of esters is 1. The molecule has 2 N–H and O–H groups in total.